The molecule has 0 aromatic rings. The number of rotatable bonds is 3. The van der Waals surface area contributed by atoms with E-state index in [1.54, 1.807) is 0 Å². The van der Waals surface area contributed by atoms with Crippen LogP contribution in [-0.4, -0.2) is 12.1 Å². The Morgan fingerprint density at radius 3 is 2.75 bits per heavy atom. The van der Waals surface area contributed by atoms with E-state index in [4.69, 9.17) is 10.00 Å². The Bertz CT molecular complexity index is 280. The fraction of sp³-hybridized carbons (Fsp3) is 0.846. The molecule has 0 aromatic heterocycles. The van der Waals surface area contributed by atoms with Crippen molar-refractivity contribution in [1.29, 1.82) is 5.26 Å². The lowest BCUT2D eigenvalue weighted by molar-refractivity contribution is -0.154. The number of carbonyl (C=O) groups excluding carboxylic acids is 1. The molecule has 0 unspecified atom stereocenters. The van der Waals surface area contributed by atoms with E-state index >= 15 is 0 Å². The van der Waals surface area contributed by atoms with Crippen LogP contribution in [0.4, 0.5) is 0 Å². The van der Waals surface area contributed by atoms with Crippen molar-refractivity contribution in [2.75, 3.05) is 0 Å². The molecule has 1 aliphatic carbocycles. The van der Waals surface area contributed by atoms with Crippen LogP contribution in [0, 0.1) is 29.1 Å². The monoisotopic (exact) mass is 223 g/mol. The zero-order valence-electron chi connectivity index (χ0n) is 10.4. The summed E-state index contributed by atoms with van der Waals surface area (Å²) in [5, 5.41) is 8.44. The summed E-state index contributed by atoms with van der Waals surface area (Å²) >= 11 is 0. The molecule has 3 atom stereocenters. The maximum Gasteiger partial charge on any atom is 0.320 e. The van der Waals surface area contributed by atoms with E-state index in [-0.39, 0.29) is 18.5 Å². The molecule has 1 rings (SSSR count). The van der Waals surface area contributed by atoms with Crippen molar-refractivity contribution in [2.24, 2.45) is 17.8 Å². The van der Waals surface area contributed by atoms with E-state index in [1.165, 1.54) is 6.42 Å². The zero-order chi connectivity index (χ0) is 12.1. The third kappa shape index (κ3) is 3.52. The molecule has 1 saturated carbocycles. The molecular weight excluding hydrogens is 202 g/mol. The smallest absolute Gasteiger partial charge is 0.320 e. The normalized spacial score (nSPS) is 29.8. The summed E-state index contributed by atoms with van der Waals surface area (Å²) < 4.78 is 5.41. The molecule has 3 heteroatoms. The van der Waals surface area contributed by atoms with Crippen molar-refractivity contribution < 1.29 is 9.53 Å². The van der Waals surface area contributed by atoms with E-state index in [1.807, 2.05) is 6.07 Å². The molecule has 0 aromatic carbocycles. The number of nitrogens with zero attached hydrogens (tertiary/aromatic N) is 1. The van der Waals surface area contributed by atoms with Gasteiger partial charge in [0.1, 0.15) is 12.5 Å². The lowest BCUT2D eigenvalue weighted by atomic mass is 9.75. The Labute approximate surface area is 97.8 Å². The maximum atomic E-state index is 11.3. The van der Waals surface area contributed by atoms with Crippen LogP contribution in [0.2, 0.25) is 0 Å². The molecule has 90 valence electrons. The van der Waals surface area contributed by atoms with Crippen LogP contribution < -0.4 is 0 Å². The number of carbonyl (C=O) groups is 1. The molecular formula is C13H21NO2. The van der Waals surface area contributed by atoms with Crippen molar-refractivity contribution >= 4 is 5.97 Å². The van der Waals surface area contributed by atoms with Gasteiger partial charge in [0.15, 0.2) is 0 Å². The molecule has 3 nitrogen and oxygen atoms in total. The summed E-state index contributed by atoms with van der Waals surface area (Å²) in [6.07, 6.45) is 3.18. The molecule has 0 amide bonds. The fourth-order valence-electron chi connectivity index (χ4n) is 2.53. The lowest BCUT2D eigenvalue weighted by Crippen LogP contribution is -2.35. The summed E-state index contributed by atoms with van der Waals surface area (Å²) in [7, 11) is 0. The Kier molecular flexibility index (Phi) is 4.79. The number of nitriles is 1. The Morgan fingerprint density at radius 2 is 2.19 bits per heavy atom. The van der Waals surface area contributed by atoms with Gasteiger partial charge in [-0.25, -0.2) is 0 Å². The molecule has 0 radical (unpaired) electrons. The van der Waals surface area contributed by atoms with Crippen LogP contribution in [0.3, 0.4) is 0 Å². The minimum atomic E-state index is -0.368. The van der Waals surface area contributed by atoms with Crippen LogP contribution in [0.5, 0.6) is 0 Å². The summed E-state index contributed by atoms with van der Waals surface area (Å²) in [6, 6.07) is 1.84. The van der Waals surface area contributed by atoms with Gasteiger partial charge in [0.2, 0.25) is 0 Å². The van der Waals surface area contributed by atoms with Gasteiger partial charge in [0.05, 0.1) is 6.07 Å². The average molecular weight is 223 g/mol. The predicted molar refractivity (Wildman–Crippen MR) is 61.5 cm³/mol. The Hall–Kier alpha value is -1.04. The molecule has 1 aliphatic rings. The quantitative estimate of drug-likeness (QED) is 0.691. The van der Waals surface area contributed by atoms with Gasteiger partial charge in [0, 0.05) is 0 Å². The van der Waals surface area contributed by atoms with Crippen molar-refractivity contribution in [2.45, 2.75) is 52.6 Å². The average Bonchev–Trinajstić information content (AvgIpc) is 2.17. The standard InChI is InChI=1S/C13H21NO2/c1-9(2)11-5-4-10(3)8-12(11)16-13(15)6-7-14/h9-12H,4-6,8H2,1-3H3/t10-,11+,12-/m1/s1. The molecule has 1 fully saturated rings. The Balaban J connectivity index is 2.58. The molecule has 0 bridgehead atoms. The predicted octanol–water partition coefficient (Wildman–Crippen LogP) is 2.90. The summed E-state index contributed by atoms with van der Waals surface area (Å²) in [6.45, 7) is 6.54. The van der Waals surface area contributed by atoms with Crippen LogP contribution in [-0.2, 0) is 9.53 Å². The van der Waals surface area contributed by atoms with Crippen LogP contribution in [0.1, 0.15) is 46.5 Å². The molecule has 0 aliphatic heterocycles. The Morgan fingerprint density at radius 1 is 1.50 bits per heavy atom. The second-order valence-corrected chi connectivity index (χ2v) is 5.19. The van der Waals surface area contributed by atoms with E-state index in [0.717, 1.165) is 12.8 Å². The highest BCUT2D eigenvalue weighted by atomic mass is 16.5. The summed E-state index contributed by atoms with van der Waals surface area (Å²) in [5.74, 6) is 1.24. The fourth-order valence-corrected chi connectivity index (χ4v) is 2.53. The summed E-state index contributed by atoms with van der Waals surface area (Å²) in [4.78, 5) is 11.3. The van der Waals surface area contributed by atoms with Crippen LogP contribution in [0.15, 0.2) is 0 Å². The minimum absolute atomic E-state index is 0.0181. The van der Waals surface area contributed by atoms with Crippen molar-refractivity contribution in [3.05, 3.63) is 0 Å². The lowest BCUT2D eigenvalue weighted by Gasteiger charge is -2.36. The number of esters is 1. The third-order valence-electron chi connectivity index (χ3n) is 3.47. The second kappa shape index (κ2) is 5.89. The van der Waals surface area contributed by atoms with Crippen molar-refractivity contribution in [3.8, 4) is 6.07 Å². The van der Waals surface area contributed by atoms with Gasteiger partial charge in [-0.15, -0.1) is 0 Å². The van der Waals surface area contributed by atoms with Gasteiger partial charge >= 0.3 is 5.97 Å². The van der Waals surface area contributed by atoms with Gasteiger partial charge in [-0.2, -0.15) is 5.26 Å². The first-order chi connectivity index (χ1) is 7.54. The molecule has 0 N–H and O–H groups in total. The third-order valence-corrected chi connectivity index (χ3v) is 3.47. The summed E-state index contributed by atoms with van der Waals surface area (Å²) in [5.41, 5.74) is 0. The topological polar surface area (TPSA) is 50.1 Å². The van der Waals surface area contributed by atoms with Gasteiger partial charge in [-0.1, -0.05) is 27.2 Å². The SMILES string of the molecule is CC(C)[C@@H]1CC[C@@H](C)C[C@H]1OC(=O)CC#N. The van der Waals surface area contributed by atoms with Gasteiger partial charge in [0.25, 0.3) is 0 Å². The maximum absolute atomic E-state index is 11.3. The largest absolute Gasteiger partial charge is 0.461 e. The van der Waals surface area contributed by atoms with Gasteiger partial charge < -0.3 is 4.74 Å². The van der Waals surface area contributed by atoms with Gasteiger partial charge in [-0.3, -0.25) is 4.79 Å². The first-order valence-electron chi connectivity index (χ1n) is 6.11. The second-order valence-electron chi connectivity index (χ2n) is 5.19. The molecule has 0 heterocycles. The van der Waals surface area contributed by atoms with Crippen molar-refractivity contribution in [3.63, 3.8) is 0 Å². The van der Waals surface area contributed by atoms with E-state index in [9.17, 15) is 4.79 Å². The van der Waals surface area contributed by atoms with E-state index in [2.05, 4.69) is 20.8 Å². The highest BCUT2D eigenvalue weighted by Crippen LogP contribution is 2.35. The molecule has 16 heavy (non-hydrogen) atoms. The van der Waals surface area contributed by atoms with Gasteiger partial charge in [-0.05, 0) is 30.6 Å². The zero-order valence-corrected chi connectivity index (χ0v) is 10.4. The van der Waals surface area contributed by atoms with Crippen LogP contribution >= 0.6 is 0 Å². The highest BCUT2D eigenvalue weighted by molar-refractivity contribution is 5.71. The number of hydrogen-bond acceptors (Lipinski definition) is 3. The first kappa shape index (κ1) is 13.0. The molecule has 0 spiro atoms. The van der Waals surface area contributed by atoms with E-state index < -0.39 is 0 Å². The number of ether oxygens (including phenoxy) is 1. The molecule has 0 saturated heterocycles. The van der Waals surface area contributed by atoms with E-state index in [0.29, 0.717) is 17.8 Å². The van der Waals surface area contributed by atoms with Crippen LogP contribution in [0.25, 0.3) is 0 Å². The number of hydrogen-bond donors (Lipinski definition) is 0. The highest BCUT2D eigenvalue weighted by Gasteiger charge is 2.33. The minimum Gasteiger partial charge on any atom is -0.461 e. The first-order valence-corrected chi connectivity index (χ1v) is 6.11. The van der Waals surface area contributed by atoms with Crippen molar-refractivity contribution in [1.82, 2.24) is 0 Å².